The molecule has 3 aromatic heterocycles. The van der Waals surface area contributed by atoms with Crippen molar-refractivity contribution in [3.8, 4) is 16.9 Å². The SMILES string of the molecule is [2H]c1nc([2H])c(-c2ccnc(Nc3cc(C(=O)Nc4c([2H])c(C)c([2H])c(-n5ccc(C)c5)c4[2H])ccc3C)n2)c([2H])c1[2H]. The number of amides is 1. The highest BCUT2D eigenvalue weighted by atomic mass is 16.1. The molecular weight excluding hydrogens is 448 g/mol. The number of aromatic nitrogens is 4. The van der Waals surface area contributed by atoms with Gasteiger partial charge in [0, 0.05) is 59.1 Å². The monoisotopic (exact) mass is 481 g/mol. The maximum atomic E-state index is 13.4. The number of anilines is 3. The first-order valence-electron chi connectivity index (χ1n) is 14.6. The first-order valence-corrected chi connectivity index (χ1v) is 11.1. The van der Waals surface area contributed by atoms with Gasteiger partial charge in [0.1, 0.15) is 0 Å². The predicted octanol–water partition coefficient (Wildman–Crippen LogP) is 6.25. The molecule has 0 spiro atoms. The number of benzene rings is 2. The molecule has 0 bridgehead atoms. The van der Waals surface area contributed by atoms with E-state index >= 15 is 0 Å². The van der Waals surface area contributed by atoms with Crippen LogP contribution in [0.5, 0.6) is 0 Å². The summed E-state index contributed by atoms with van der Waals surface area (Å²) >= 11 is 0. The molecular formula is C29H26N6O. The fourth-order valence-corrected chi connectivity index (χ4v) is 3.52. The van der Waals surface area contributed by atoms with Gasteiger partial charge in [-0.25, -0.2) is 9.97 Å². The van der Waals surface area contributed by atoms with Crippen LogP contribution in [0.25, 0.3) is 16.9 Å². The van der Waals surface area contributed by atoms with Crippen molar-refractivity contribution in [3.63, 3.8) is 0 Å². The first-order chi connectivity index (χ1) is 20.4. The zero-order chi connectivity index (χ0) is 31.2. The van der Waals surface area contributed by atoms with Gasteiger partial charge in [0.05, 0.1) is 15.3 Å². The largest absolute Gasteiger partial charge is 0.324 e. The van der Waals surface area contributed by atoms with Gasteiger partial charge >= 0.3 is 0 Å². The van der Waals surface area contributed by atoms with E-state index in [0.717, 1.165) is 11.1 Å². The third-order valence-corrected chi connectivity index (χ3v) is 5.32. The fourth-order valence-electron chi connectivity index (χ4n) is 3.52. The lowest BCUT2D eigenvalue weighted by Gasteiger charge is -2.13. The zero-order valence-corrected chi connectivity index (χ0v) is 19.8. The summed E-state index contributed by atoms with van der Waals surface area (Å²) in [5.74, 6) is -0.456. The van der Waals surface area contributed by atoms with Crippen molar-refractivity contribution >= 4 is 23.2 Å². The number of aryl methyl sites for hydroxylation is 2. The Kier molecular flexibility index (Phi) is 4.37. The molecule has 2 aromatic carbocycles. The fraction of sp³-hybridized carbons (Fsp3) is 0.103. The van der Waals surface area contributed by atoms with Gasteiger partial charge in [0.15, 0.2) is 0 Å². The summed E-state index contributed by atoms with van der Waals surface area (Å²) in [6.07, 6.45) is 4.11. The van der Waals surface area contributed by atoms with Gasteiger partial charge in [0.25, 0.3) is 5.91 Å². The number of nitrogens with one attached hydrogen (secondary N) is 2. The maximum absolute atomic E-state index is 13.4. The zero-order valence-electron chi connectivity index (χ0n) is 26.8. The van der Waals surface area contributed by atoms with Gasteiger partial charge in [-0.1, -0.05) is 6.07 Å². The molecule has 3 heterocycles. The van der Waals surface area contributed by atoms with Crippen LogP contribution in [-0.4, -0.2) is 25.4 Å². The Morgan fingerprint density at radius 1 is 1.06 bits per heavy atom. The van der Waals surface area contributed by atoms with Crippen molar-refractivity contribution in [2.24, 2.45) is 0 Å². The van der Waals surface area contributed by atoms with Crippen molar-refractivity contribution in [2.75, 3.05) is 10.6 Å². The summed E-state index contributed by atoms with van der Waals surface area (Å²) in [7, 11) is 0. The summed E-state index contributed by atoms with van der Waals surface area (Å²) in [5, 5.41) is 5.74. The Balaban J connectivity index is 1.46. The van der Waals surface area contributed by atoms with Gasteiger partial charge in [-0.3, -0.25) is 9.78 Å². The van der Waals surface area contributed by atoms with E-state index in [1.165, 1.54) is 12.3 Å². The van der Waals surface area contributed by atoms with Crippen LogP contribution in [-0.2, 0) is 0 Å². The average Bonchev–Trinajstić information content (AvgIpc) is 3.39. The van der Waals surface area contributed by atoms with Gasteiger partial charge in [-0.15, -0.1) is 0 Å². The van der Waals surface area contributed by atoms with Gasteiger partial charge in [-0.2, -0.15) is 0 Å². The lowest BCUT2D eigenvalue weighted by Crippen LogP contribution is -2.13. The van der Waals surface area contributed by atoms with E-state index in [1.807, 2.05) is 19.9 Å². The Morgan fingerprint density at radius 2 is 1.94 bits per heavy atom. The predicted molar refractivity (Wildman–Crippen MR) is 143 cm³/mol. The van der Waals surface area contributed by atoms with Crippen molar-refractivity contribution in [3.05, 3.63) is 114 Å². The topological polar surface area (TPSA) is 84.7 Å². The first kappa shape index (κ1) is 16.0. The minimum absolute atomic E-state index is 0.00266. The van der Waals surface area contributed by atoms with E-state index in [0.29, 0.717) is 11.3 Å². The molecule has 2 N–H and O–H groups in total. The number of carbonyl (C=O) groups is 1. The Labute approximate surface area is 219 Å². The second kappa shape index (κ2) is 9.84. The molecule has 0 radical (unpaired) electrons. The average molecular weight is 482 g/mol. The van der Waals surface area contributed by atoms with Gasteiger partial charge < -0.3 is 15.2 Å². The second-order valence-corrected chi connectivity index (χ2v) is 8.15. The quantitative estimate of drug-likeness (QED) is 0.299. The molecule has 0 saturated carbocycles. The highest BCUT2D eigenvalue weighted by molar-refractivity contribution is 6.05. The normalized spacial score (nSPS) is 13.5. The summed E-state index contributed by atoms with van der Waals surface area (Å²) in [5.41, 5.74) is 3.16. The van der Waals surface area contributed by atoms with Crippen LogP contribution >= 0.6 is 0 Å². The van der Waals surface area contributed by atoms with Crippen LogP contribution < -0.4 is 10.6 Å². The smallest absolute Gasteiger partial charge is 0.255 e. The number of nitrogens with zero attached hydrogens (tertiary/aromatic N) is 4. The van der Waals surface area contributed by atoms with Gasteiger partial charge in [0.2, 0.25) is 5.95 Å². The standard InChI is InChI=1S/C29H26N6O/c1-19-9-12-35(18-19)25-14-20(2)13-24(16-25)32-28(36)22-7-6-21(3)27(15-22)34-29-31-11-8-26(33-29)23-5-4-10-30-17-23/h4-18H,1-3H3,(H,32,36)(H,31,33,34)/i4D,5D,10D,13D,14D,16D,17D. The van der Waals surface area contributed by atoms with E-state index in [2.05, 4.69) is 25.6 Å². The van der Waals surface area contributed by atoms with E-state index in [-0.39, 0.29) is 64.5 Å². The van der Waals surface area contributed by atoms with Crippen LogP contribution in [0.1, 0.15) is 36.6 Å². The van der Waals surface area contributed by atoms with Crippen LogP contribution in [0, 0.1) is 20.8 Å². The van der Waals surface area contributed by atoms with Crippen LogP contribution in [0.15, 0.2) is 91.5 Å². The molecule has 0 saturated heterocycles. The van der Waals surface area contributed by atoms with Crippen LogP contribution in [0.3, 0.4) is 0 Å². The lowest BCUT2D eigenvalue weighted by atomic mass is 10.1. The van der Waals surface area contributed by atoms with E-state index < -0.39 is 18.1 Å². The molecule has 7 nitrogen and oxygen atoms in total. The summed E-state index contributed by atoms with van der Waals surface area (Å²) in [6, 6.07) is 7.23. The Hall–Kier alpha value is -4.78. The minimum atomic E-state index is -0.561. The van der Waals surface area contributed by atoms with Gasteiger partial charge in [-0.05, 0) is 91.9 Å². The molecule has 178 valence electrons. The molecule has 5 aromatic rings. The molecule has 7 heteroatoms. The van der Waals surface area contributed by atoms with Crippen molar-refractivity contribution in [2.45, 2.75) is 20.8 Å². The van der Waals surface area contributed by atoms with Crippen LogP contribution in [0.4, 0.5) is 17.3 Å². The highest BCUT2D eigenvalue weighted by Crippen LogP contribution is 2.24. The molecule has 0 atom stereocenters. The minimum Gasteiger partial charge on any atom is -0.324 e. The molecule has 0 aliphatic carbocycles. The summed E-state index contributed by atoms with van der Waals surface area (Å²) in [4.78, 5) is 25.7. The maximum Gasteiger partial charge on any atom is 0.255 e. The lowest BCUT2D eigenvalue weighted by molar-refractivity contribution is 0.102. The third-order valence-electron chi connectivity index (χ3n) is 5.32. The summed E-state index contributed by atoms with van der Waals surface area (Å²) in [6.45, 7) is 5.31. The Bertz CT molecular complexity index is 1920. The molecule has 36 heavy (non-hydrogen) atoms. The molecule has 5 rings (SSSR count). The molecule has 0 aliphatic rings. The molecule has 0 unspecified atom stereocenters. The highest BCUT2D eigenvalue weighted by Gasteiger charge is 2.12. The second-order valence-electron chi connectivity index (χ2n) is 8.15. The van der Waals surface area contributed by atoms with E-state index in [1.54, 1.807) is 42.1 Å². The number of pyridine rings is 1. The van der Waals surface area contributed by atoms with Crippen LogP contribution in [0.2, 0.25) is 0 Å². The molecule has 0 aliphatic heterocycles. The summed E-state index contributed by atoms with van der Waals surface area (Å²) < 4.78 is 59.2. The van der Waals surface area contributed by atoms with Crippen molar-refractivity contribution in [1.29, 1.82) is 0 Å². The van der Waals surface area contributed by atoms with E-state index in [9.17, 15) is 4.79 Å². The Morgan fingerprint density at radius 3 is 2.78 bits per heavy atom. The van der Waals surface area contributed by atoms with E-state index in [4.69, 9.17) is 9.60 Å². The number of hydrogen-bond donors (Lipinski definition) is 2. The molecule has 0 fully saturated rings. The molecule has 1 amide bonds. The van der Waals surface area contributed by atoms with Crippen molar-refractivity contribution < 1.29 is 14.4 Å². The number of carbonyl (C=O) groups excluding carboxylic acids is 1. The third kappa shape index (κ3) is 5.15. The number of rotatable bonds is 6. The van der Waals surface area contributed by atoms with Crippen molar-refractivity contribution in [1.82, 2.24) is 19.5 Å². The number of hydrogen-bond acceptors (Lipinski definition) is 5.